The SMILES string of the molecule is NNC(=O)C(c1cccs1)c1cccs1. The van der Waals surface area contributed by atoms with Crippen LogP contribution in [-0.2, 0) is 4.79 Å². The lowest BCUT2D eigenvalue weighted by atomic mass is 10.1. The van der Waals surface area contributed by atoms with E-state index in [-0.39, 0.29) is 11.8 Å². The van der Waals surface area contributed by atoms with E-state index in [2.05, 4.69) is 5.43 Å². The molecule has 0 fully saturated rings. The highest BCUT2D eigenvalue weighted by atomic mass is 32.1. The predicted molar refractivity (Wildman–Crippen MR) is 62.8 cm³/mol. The molecule has 0 saturated carbocycles. The van der Waals surface area contributed by atoms with Crippen LogP contribution in [0.15, 0.2) is 35.0 Å². The van der Waals surface area contributed by atoms with Gasteiger partial charge in [-0.3, -0.25) is 10.2 Å². The van der Waals surface area contributed by atoms with Gasteiger partial charge in [-0.2, -0.15) is 0 Å². The molecule has 1 amide bonds. The van der Waals surface area contributed by atoms with Gasteiger partial charge >= 0.3 is 0 Å². The number of amides is 1. The third-order valence-electron chi connectivity index (χ3n) is 2.06. The average molecular weight is 238 g/mol. The summed E-state index contributed by atoms with van der Waals surface area (Å²) in [5.41, 5.74) is 2.22. The van der Waals surface area contributed by atoms with E-state index < -0.39 is 0 Å². The highest BCUT2D eigenvalue weighted by Crippen LogP contribution is 2.31. The lowest BCUT2D eigenvalue weighted by molar-refractivity contribution is -0.121. The van der Waals surface area contributed by atoms with Gasteiger partial charge in [0.25, 0.3) is 0 Å². The molecule has 0 spiro atoms. The number of hydrazine groups is 1. The van der Waals surface area contributed by atoms with Crippen molar-refractivity contribution in [3.63, 3.8) is 0 Å². The van der Waals surface area contributed by atoms with E-state index in [1.165, 1.54) is 0 Å². The Kier molecular flexibility index (Phi) is 3.15. The summed E-state index contributed by atoms with van der Waals surface area (Å²) in [6, 6.07) is 7.77. The third-order valence-corrected chi connectivity index (χ3v) is 3.93. The van der Waals surface area contributed by atoms with Gasteiger partial charge in [0.1, 0.15) is 5.92 Å². The lowest BCUT2D eigenvalue weighted by Crippen LogP contribution is -2.34. The quantitative estimate of drug-likeness (QED) is 0.488. The molecule has 3 N–H and O–H groups in total. The molecular weight excluding hydrogens is 228 g/mol. The number of thiophene rings is 2. The van der Waals surface area contributed by atoms with Gasteiger partial charge in [0.2, 0.25) is 5.91 Å². The van der Waals surface area contributed by atoms with E-state index in [9.17, 15) is 4.79 Å². The molecular formula is C10H10N2OS2. The number of rotatable bonds is 3. The summed E-state index contributed by atoms with van der Waals surface area (Å²) in [6.07, 6.45) is 0. The molecule has 2 aromatic heterocycles. The van der Waals surface area contributed by atoms with Crippen LogP contribution in [0.5, 0.6) is 0 Å². The Labute approximate surface area is 95.5 Å². The first-order valence-corrected chi connectivity index (χ1v) is 6.16. The summed E-state index contributed by atoms with van der Waals surface area (Å²) in [7, 11) is 0. The van der Waals surface area contributed by atoms with Crippen molar-refractivity contribution in [2.75, 3.05) is 0 Å². The Balaban J connectivity index is 2.37. The largest absolute Gasteiger partial charge is 0.293 e. The molecule has 0 aliphatic carbocycles. The molecule has 3 nitrogen and oxygen atoms in total. The van der Waals surface area contributed by atoms with Crippen molar-refractivity contribution in [1.29, 1.82) is 0 Å². The fourth-order valence-electron chi connectivity index (χ4n) is 1.39. The van der Waals surface area contributed by atoms with Crippen LogP contribution >= 0.6 is 22.7 Å². The molecule has 0 aliphatic rings. The number of hydrogen-bond donors (Lipinski definition) is 2. The van der Waals surface area contributed by atoms with Crippen LogP contribution in [0, 0.1) is 0 Å². The molecule has 15 heavy (non-hydrogen) atoms. The Bertz CT molecular complexity index is 388. The molecule has 0 saturated heterocycles. The first-order chi connectivity index (χ1) is 7.33. The number of nitrogens with one attached hydrogen (secondary N) is 1. The van der Waals surface area contributed by atoms with Crippen LogP contribution in [0.3, 0.4) is 0 Å². The van der Waals surface area contributed by atoms with E-state index in [1.807, 2.05) is 35.0 Å². The maximum Gasteiger partial charge on any atom is 0.247 e. The van der Waals surface area contributed by atoms with Crippen LogP contribution in [0.2, 0.25) is 0 Å². The van der Waals surface area contributed by atoms with Gasteiger partial charge in [0.05, 0.1) is 0 Å². The van der Waals surface area contributed by atoms with Crippen molar-refractivity contribution in [3.05, 3.63) is 44.8 Å². The van der Waals surface area contributed by atoms with E-state index in [1.54, 1.807) is 22.7 Å². The van der Waals surface area contributed by atoms with Gasteiger partial charge in [-0.1, -0.05) is 12.1 Å². The normalized spacial score (nSPS) is 10.5. The molecule has 2 heterocycles. The van der Waals surface area contributed by atoms with Crippen LogP contribution in [0.25, 0.3) is 0 Å². The second-order valence-corrected chi connectivity index (χ2v) is 4.93. The minimum absolute atomic E-state index is 0.167. The van der Waals surface area contributed by atoms with Crippen molar-refractivity contribution < 1.29 is 4.79 Å². The van der Waals surface area contributed by atoms with Crippen molar-refractivity contribution in [1.82, 2.24) is 5.43 Å². The summed E-state index contributed by atoms with van der Waals surface area (Å²) in [5.74, 6) is 4.76. The monoisotopic (exact) mass is 238 g/mol. The van der Waals surface area contributed by atoms with E-state index in [0.29, 0.717) is 0 Å². The second-order valence-electron chi connectivity index (χ2n) is 2.97. The second kappa shape index (κ2) is 4.57. The molecule has 5 heteroatoms. The zero-order valence-electron chi connectivity index (χ0n) is 7.84. The Morgan fingerprint density at radius 3 is 2.07 bits per heavy atom. The number of carbonyl (C=O) groups is 1. The highest BCUT2D eigenvalue weighted by molar-refractivity contribution is 7.11. The highest BCUT2D eigenvalue weighted by Gasteiger charge is 2.23. The fraction of sp³-hybridized carbons (Fsp3) is 0.100. The minimum atomic E-state index is -0.269. The Hall–Kier alpha value is -1.17. The van der Waals surface area contributed by atoms with Crippen LogP contribution < -0.4 is 11.3 Å². The number of hydrogen-bond acceptors (Lipinski definition) is 4. The van der Waals surface area contributed by atoms with Crippen LogP contribution in [-0.4, -0.2) is 5.91 Å². The smallest absolute Gasteiger partial charge is 0.247 e. The first kappa shape index (κ1) is 10.4. The predicted octanol–water partition coefficient (Wildman–Crippen LogP) is 1.93. The molecule has 0 unspecified atom stereocenters. The lowest BCUT2D eigenvalue weighted by Gasteiger charge is -2.11. The van der Waals surface area contributed by atoms with Gasteiger partial charge < -0.3 is 0 Å². The van der Waals surface area contributed by atoms with Crippen molar-refractivity contribution in [2.24, 2.45) is 5.84 Å². The maximum atomic E-state index is 11.7. The Morgan fingerprint density at radius 1 is 1.20 bits per heavy atom. The van der Waals surface area contributed by atoms with Gasteiger partial charge in [0.15, 0.2) is 0 Å². The minimum Gasteiger partial charge on any atom is -0.293 e. The van der Waals surface area contributed by atoms with E-state index in [4.69, 9.17) is 5.84 Å². The van der Waals surface area contributed by atoms with Crippen LogP contribution in [0.4, 0.5) is 0 Å². The van der Waals surface area contributed by atoms with E-state index >= 15 is 0 Å². The summed E-state index contributed by atoms with van der Waals surface area (Å²) in [6.45, 7) is 0. The van der Waals surface area contributed by atoms with Crippen LogP contribution in [0.1, 0.15) is 15.7 Å². The molecule has 0 aliphatic heterocycles. The molecule has 2 rings (SSSR count). The molecule has 0 atom stereocenters. The topological polar surface area (TPSA) is 55.1 Å². The van der Waals surface area contributed by atoms with Gasteiger partial charge in [0, 0.05) is 9.75 Å². The van der Waals surface area contributed by atoms with Gasteiger partial charge in [-0.15, -0.1) is 22.7 Å². The number of carbonyl (C=O) groups excluding carboxylic acids is 1. The van der Waals surface area contributed by atoms with Crippen molar-refractivity contribution in [3.8, 4) is 0 Å². The maximum absolute atomic E-state index is 11.7. The van der Waals surface area contributed by atoms with Crippen molar-refractivity contribution >= 4 is 28.6 Å². The van der Waals surface area contributed by atoms with Crippen molar-refractivity contribution in [2.45, 2.75) is 5.92 Å². The Morgan fingerprint density at radius 2 is 1.73 bits per heavy atom. The third kappa shape index (κ3) is 2.09. The summed E-state index contributed by atoms with van der Waals surface area (Å²) >= 11 is 3.13. The standard InChI is InChI=1S/C10H10N2OS2/c11-12-10(13)9(7-3-1-5-14-7)8-4-2-6-15-8/h1-6,9H,11H2,(H,12,13). The summed E-state index contributed by atoms with van der Waals surface area (Å²) in [4.78, 5) is 13.7. The molecule has 0 radical (unpaired) electrons. The molecule has 2 aromatic rings. The number of nitrogens with two attached hydrogens (primary N) is 1. The fourth-order valence-corrected chi connectivity index (χ4v) is 3.15. The van der Waals surface area contributed by atoms with Gasteiger partial charge in [-0.25, -0.2) is 5.84 Å². The summed E-state index contributed by atoms with van der Waals surface area (Å²) < 4.78 is 0. The molecule has 78 valence electrons. The molecule has 0 bridgehead atoms. The summed E-state index contributed by atoms with van der Waals surface area (Å²) in [5, 5.41) is 3.92. The zero-order valence-corrected chi connectivity index (χ0v) is 9.48. The first-order valence-electron chi connectivity index (χ1n) is 4.40. The molecule has 0 aromatic carbocycles. The average Bonchev–Trinajstić information content (AvgIpc) is 2.90. The van der Waals surface area contributed by atoms with E-state index in [0.717, 1.165) is 9.75 Å². The van der Waals surface area contributed by atoms with Gasteiger partial charge in [-0.05, 0) is 22.9 Å². The zero-order chi connectivity index (χ0) is 10.7.